The van der Waals surface area contributed by atoms with E-state index in [1.165, 1.54) is 0 Å². The third kappa shape index (κ3) is 2.68. The number of aromatic amines is 1. The van der Waals surface area contributed by atoms with E-state index in [0.29, 0.717) is 0 Å². The lowest BCUT2D eigenvalue weighted by Gasteiger charge is -2.10. The van der Waals surface area contributed by atoms with Gasteiger partial charge in [-0.2, -0.15) is 5.10 Å². The lowest BCUT2D eigenvalue weighted by Crippen LogP contribution is -2.21. The minimum atomic E-state index is -0.499. The molecule has 31 heavy (non-hydrogen) atoms. The van der Waals surface area contributed by atoms with Crippen LogP contribution in [0.15, 0.2) is 60.9 Å². The molecule has 2 aromatic heterocycles. The van der Waals surface area contributed by atoms with Crippen molar-refractivity contribution >= 4 is 34.6 Å². The number of hydrogen-bond acceptors (Lipinski definition) is 4. The van der Waals surface area contributed by atoms with Gasteiger partial charge in [0, 0.05) is 29.4 Å². The molecule has 2 aliphatic rings. The fourth-order valence-corrected chi connectivity index (χ4v) is 4.75. The summed E-state index contributed by atoms with van der Waals surface area (Å²) in [5.41, 5.74) is 5.44. The molecule has 152 valence electrons. The van der Waals surface area contributed by atoms with E-state index in [2.05, 4.69) is 38.7 Å². The van der Waals surface area contributed by atoms with Crippen LogP contribution in [0, 0.1) is 0 Å². The zero-order chi connectivity index (χ0) is 21.0. The third-order valence-corrected chi connectivity index (χ3v) is 6.46. The summed E-state index contributed by atoms with van der Waals surface area (Å²) >= 11 is 0. The third-order valence-electron chi connectivity index (χ3n) is 6.46. The van der Waals surface area contributed by atoms with Crippen molar-refractivity contribution in [3.63, 3.8) is 0 Å². The second kappa shape index (κ2) is 6.54. The van der Waals surface area contributed by atoms with E-state index >= 15 is 0 Å². The van der Waals surface area contributed by atoms with Gasteiger partial charge in [-0.05, 0) is 59.5 Å². The van der Waals surface area contributed by atoms with E-state index in [1.54, 1.807) is 13.3 Å². The molecular weight excluding hydrogens is 388 g/mol. The standard InChI is InChI=1S/C25H20N4O2/c1-31-17-6-9-22-19(12-17)25(24(30)27-22)13-20(25)16-5-7-18-21(28-29-23(18)11-16)8-4-15-3-2-10-26-14-15/h2-12,14,20H,13H2,1H3,(H,27,30)(H,28,29)/t20-,25-/m0/s1. The monoisotopic (exact) mass is 408 g/mol. The molecule has 0 bridgehead atoms. The number of pyridine rings is 1. The van der Waals surface area contributed by atoms with Gasteiger partial charge in [0.05, 0.1) is 23.7 Å². The van der Waals surface area contributed by atoms with Crippen LogP contribution in [0.4, 0.5) is 5.69 Å². The van der Waals surface area contributed by atoms with Crippen molar-refractivity contribution in [1.82, 2.24) is 15.2 Å². The second-order valence-electron chi connectivity index (χ2n) is 8.13. The Morgan fingerprint density at radius 2 is 2.10 bits per heavy atom. The predicted molar refractivity (Wildman–Crippen MR) is 120 cm³/mol. The van der Waals surface area contributed by atoms with Crippen LogP contribution >= 0.6 is 0 Å². The van der Waals surface area contributed by atoms with Gasteiger partial charge < -0.3 is 10.1 Å². The van der Waals surface area contributed by atoms with Crippen LogP contribution in [0.1, 0.15) is 34.7 Å². The molecule has 2 aromatic carbocycles. The molecule has 0 saturated heterocycles. The molecule has 4 aromatic rings. The molecule has 2 atom stereocenters. The van der Waals surface area contributed by atoms with Crippen LogP contribution in [0.5, 0.6) is 5.75 Å². The largest absolute Gasteiger partial charge is 0.497 e. The highest BCUT2D eigenvalue weighted by Gasteiger charge is 2.65. The summed E-state index contributed by atoms with van der Waals surface area (Å²) in [6.07, 6.45) is 8.36. The smallest absolute Gasteiger partial charge is 0.235 e. The van der Waals surface area contributed by atoms with Crippen molar-refractivity contribution in [1.29, 1.82) is 0 Å². The first kappa shape index (κ1) is 17.9. The van der Waals surface area contributed by atoms with E-state index < -0.39 is 5.41 Å². The first-order valence-electron chi connectivity index (χ1n) is 10.3. The van der Waals surface area contributed by atoms with Gasteiger partial charge in [0.1, 0.15) is 5.75 Å². The molecule has 1 fully saturated rings. The molecule has 1 aliphatic carbocycles. The molecule has 1 saturated carbocycles. The number of rotatable bonds is 4. The average Bonchev–Trinajstić information content (AvgIpc) is 3.35. The zero-order valence-electron chi connectivity index (χ0n) is 16.9. The van der Waals surface area contributed by atoms with E-state index in [4.69, 9.17) is 4.74 Å². The van der Waals surface area contributed by atoms with Crippen molar-refractivity contribution in [3.05, 3.63) is 83.3 Å². The number of carbonyl (C=O) groups excluding carboxylic acids is 1. The van der Waals surface area contributed by atoms with Gasteiger partial charge in [-0.3, -0.25) is 14.9 Å². The number of amides is 1. The molecule has 1 aliphatic heterocycles. The van der Waals surface area contributed by atoms with Gasteiger partial charge in [-0.15, -0.1) is 0 Å². The number of methoxy groups -OCH3 is 1. The van der Waals surface area contributed by atoms with Crippen LogP contribution < -0.4 is 10.1 Å². The van der Waals surface area contributed by atoms with Crippen LogP contribution in [-0.2, 0) is 10.2 Å². The number of nitrogens with one attached hydrogen (secondary N) is 2. The first-order chi connectivity index (χ1) is 15.2. The molecule has 3 heterocycles. The molecule has 0 radical (unpaired) electrons. The van der Waals surface area contributed by atoms with Crippen LogP contribution in [0.3, 0.4) is 0 Å². The van der Waals surface area contributed by atoms with Gasteiger partial charge in [-0.25, -0.2) is 0 Å². The van der Waals surface area contributed by atoms with E-state index in [0.717, 1.165) is 51.1 Å². The summed E-state index contributed by atoms with van der Waals surface area (Å²) < 4.78 is 5.39. The van der Waals surface area contributed by atoms with Crippen molar-refractivity contribution in [2.24, 2.45) is 0 Å². The first-order valence-corrected chi connectivity index (χ1v) is 10.3. The maximum absolute atomic E-state index is 12.9. The number of fused-ring (bicyclic) bond motifs is 3. The zero-order valence-corrected chi connectivity index (χ0v) is 16.9. The van der Waals surface area contributed by atoms with E-state index in [-0.39, 0.29) is 11.8 Å². The highest BCUT2D eigenvalue weighted by atomic mass is 16.5. The molecule has 1 amide bonds. The summed E-state index contributed by atoms with van der Waals surface area (Å²) in [5.74, 6) is 0.989. The van der Waals surface area contributed by atoms with Crippen LogP contribution in [0.25, 0.3) is 23.1 Å². The molecule has 6 rings (SSSR count). The van der Waals surface area contributed by atoms with Gasteiger partial charge in [-0.1, -0.05) is 24.3 Å². The normalized spacial score (nSPS) is 21.6. The number of carbonyl (C=O) groups is 1. The minimum Gasteiger partial charge on any atom is -0.497 e. The average molecular weight is 408 g/mol. The number of benzene rings is 2. The van der Waals surface area contributed by atoms with Crippen molar-refractivity contribution in [3.8, 4) is 5.75 Å². The maximum atomic E-state index is 12.9. The number of hydrogen-bond donors (Lipinski definition) is 2. The summed E-state index contributed by atoms with van der Waals surface area (Å²) in [6.45, 7) is 0. The highest BCUT2D eigenvalue weighted by Crippen LogP contribution is 2.65. The Kier molecular flexibility index (Phi) is 3.77. The molecule has 1 spiro atoms. The Balaban J connectivity index is 1.33. The Bertz CT molecular complexity index is 1360. The Hall–Kier alpha value is -3.93. The predicted octanol–water partition coefficient (Wildman–Crippen LogP) is 4.51. The lowest BCUT2D eigenvalue weighted by molar-refractivity contribution is -0.118. The number of ether oxygens (including phenoxy) is 1. The molecule has 6 heteroatoms. The van der Waals surface area contributed by atoms with Gasteiger partial charge in [0.25, 0.3) is 0 Å². The van der Waals surface area contributed by atoms with Crippen molar-refractivity contribution < 1.29 is 9.53 Å². The Labute approximate surface area is 179 Å². The van der Waals surface area contributed by atoms with Crippen LogP contribution in [0.2, 0.25) is 0 Å². The van der Waals surface area contributed by atoms with Crippen molar-refractivity contribution in [2.45, 2.75) is 17.8 Å². The summed E-state index contributed by atoms with van der Waals surface area (Å²) in [7, 11) is 1.65. The minimum absolute atomic E-state index is 0.0746. The summed E-state index contributed by atoms with van der Waals surface area (Å²) in [4.78, 5) is 17.0. The quantitative estimate of drug-likeness (QED) is 0.521. The fourth-order valence-electron chi connectivity index (χ4n) is 4.75. The number of nitrogens with zero attached hydrogens (tertiary/aromatic N) is 2. The topological polar surface area (TPSA) is 79.9 Å². The number of anilines is 1. The van der Waals surface area contributed by atoms with Gasteiger partial charge >= 0.3 is 0 Å². The second-order valence-corrected chi connectivity index (χ2v) is 8.13. The fraction of sp³-hybridized carbons (Fsp3) is 0.160. The molecular formula is C25H20N4O2. The Morgan fingerprint density at radius 1 is 1.16 bits per heavy atom. The van der Waals surface area contributed by atoms with E-state index in [9.17, 15) is 4.79 Å². The van der Waals surface area contributed by atoms with Crippen LogP contribution in [-0.4, -0.2) is 28.2 Å². The summed E-state index contributed by atoms with van der Waals surface area (Å²) in [6, 6.07) is 16.0. The summed E-state index contributed by atoms with van der Waals surface area (Å²) in [5, 5.41) is 11.7. The van der Waals surface area contributed by atoms with Crippen molar-refractivity contribution in [2.75, 3.05) is 12.4 Å². The highest BCUT2D eigenvalue weighted by molar-refractivity contribution is 6.10. The maximum Gasteiger partial charge on any atom is 0.235 e. The van der Waals surface area contributed by atoms with E-state index in [1.807, 2.05) is 48.7 Å². The molecule has 6 nitrogen and oxygen atoms in total. The van der Waals surface area contributed by atoms with Gasteiger partial charge in [0.2, 0.25) is 5.91 Å². The molecule has 0 unspecified atom stereocenters. The van der Waals surface area contributed by atoms with Gasteiger partial charge in [0.15, 0.2) is 0 Å². The molecule has 2 N–H and O–H groups in total. The lowest BCUT2D eigenvalue weighted by atomic mass is 9.91. The number of aromatic nitrogens is 3. The Morgan fingerprint density at radius 3 is 2.94 bits per heavy atom. The SMILES string of the molecule is COc1ccc2c(c1)[C@]1(C[C@H]1c1ccc3c(C=Cc4cccnc4)n[nH]c3c1)C(=O)N2. The number of H-pyrrole nitrogens is 1.